The van der Waals surface area contributed by atoms with E-state index >= 15 is 0 Å². The number of ether oxygens (including phenoxy) is 1. The number of nitrogens with two attached hydrogens (primary N) is 1. The molecule has 2 amide bonds. The lowest BCUT2D eigenvalue weighted by molar-refractivity contribution is -0.137. The van der Waals surface area contributed by atoms with Crippen LogP contribution in [-0.2, 0) is 17.6 Å². The van der Waals surface area contributed by atoms with Crippen LogP contribution in [0.2, 0.25) is 5.02 Å². The number of phenolic OH excluding ortho intramolecular Hbond substituents is 1. The van der Waals surface area contributed by atoms with Crippen LogP contribution in [0.1, 0.15) is 27.2 Å². The average molecular weight is 492 g/mol. The summed E-state index contributed by atoms with van der Waals surface area (Å²) in [5, 5.41) is 11.3. The number of carbonyl (C=O) groups excluding carboxylic acids is 2. The summed E-state index contributed by atoms with van der Waals surface area (Å²) in [7, 11) is 0. The lowest BCUT2D eigenvalue weighted by Crippen LogP contribution is -2.13. The molecule has 176 valence electrons. The number of nitrogens with one attached hydrogen (secondary N) is 1. The number of halogens is 4. The van der Waals surface area contributed by atoms with Crippen LogP contribution in [0.5, 0.6) is 11.5 Å². The highest BCUT2D eigenvalue weighted by Gasteiger charge is 2.34. The number of nitrogens with zero attached hydrogens (tertiary/aromatic N) is 1. The van der Waals surface area contributed by atoms with E-state index in [0.717, 1.165) is 6.08 Å². The minimum atomic E-state index is -4.75. The lowest BCUT2D eigenvalue weighted by atomic mass is 10.1. The SMILES string of the molecule is NC(=O)c1cc(COc2cccc(C=CC(=O)Nc3cc(C(F)(F)F)c(Cl)cc3O)c2)ccn1. The molecule has 4 N–H and O–H groups in total. The smallest absolute Gasteiger partial charge is 0.417 e. The Bertz CT molecular complexity index is 1260. The number of aromatic nitrogens is 1. The van der Waals surface area contributed by atoms with Crippen LogP contribution >= 0.6 is 11.6 Å². The van der Waals surface area contributed by atoms with Gasteiger partial charge in [-0.2, -0.15) is 13.2 Å². The first kappa shape index (κ1) is 24.6. The normalized spacial score (nSPS) is 11.4. The Balaban J connectivity index is 1.66. The van der Waals surface area contributed by atoms with Crippen molar-refractivity contribution in [1.82, 2.24) is 4.98 Å². The second-order valence-corrected chi connectivity index (χ2v) is 7.35. The molecule has 0 aliphatic carbocycles. The largest absolute Gasteiger partial charge is 0.506 e. The van der Waals surface area contributed by atoms with Gasteiger partial charge in [0.2, 0.25) is 5.91 Å². The molecule has 34 heavy (non-hydrogen) atoms. The van der Waals surface area contributed by atoms with Gasteiger partial charge < -0.3 is 20.9 Å². The predicted octanol–water partition coefficient (Wildman–Crippen LogP) is 4.79. The molecule has 1 heterocycles. The van der Waals surface area contributed by atoms with Gasteiger partial charge in [-0.25, -0.2) is 0 Å². The first-order valence-corrected chi connectivity index (χ1v) is 9.97. The van der Waals surface area contributed by atoms with Crippen LogP contribution in [0.3, 0.4) is 0 Å². The molecule has 0 bridgehead atoms. The van der Waals surface area contributed by atoms with Gasteiger partial charge in [0.25, 0.3) is 5.91 Å². The molecule has 0 spiro atoms. The fourth-order valence-corrected chi connectivity index (χ4v) is 3.06. The molecule has 0 atom stereocenters. The number of anilines is 1. The van der Waals surface area contributed by atoms with E-state index in [1.54, 1.807) is 30.3 Å². The van der Waals surface area contributed by atoms with Gasteiger partial charge in [0.15, 0.2) is 0 Å². The Hall–Kier alpha value is -4.05. The Kier molecular flexibility index (Phi) is 7.42. The van der Waals surface area contributed by atoms with E-state index in [4.69, 9.17) is 22.1 Å². The average Bonchev–Trinajstić information content (AvgIpc) is 2.78. The van der Waals surface area contributed by atoms with E-state index in [1.807, 2.05) is 0 Å². The van der Waals surface area contributed by atoms with Crippen LogP contribution in [-0.4, -0.2) is 21.9 Å². The van der Waals surface area contributed by atoms with Gasteiger partial charge in [-0.15, -0.1) is 0 Å². The molecule has 3 rings (SSSR count). The quantitative estimate of drug-likeness (QED) is 0.325. The van der Waals surface area contributed by atoms with Crippen LogP contribution in [0, 0.1) is 0 Å². The zero-order valence-corrected chi connectivity index (χ0v) is 18.0. The van der Waals surface area contributed by atoms with Crippen molar-refractivity contribution in [3.8, 4) is 11.5 Å². The maximum absolute atomic E-state index is 13.0. The van der Waals surface area contributed by atoms with E-state index in [9.17, 15) is 27.9 Å². The zero-order chi connectivity index (χ0) is 24.9. The molecule has 0 radical (unpaired) electrons. The topological polar surface area (TPSA) is 115 Å². The molecule has 7 nitrogen and oxygen atoms in total. The molecule has 0 aliphatic heterocycles. The molecule has 2 aromatic carbocycles. The number of benzene rings is 2. The van der Waals surface area contributed by atoms with Crippen molar-refractivity contribution in [3.05, 3.63) is 88.2 Å². The van der Waals surface area contributed by atoms with Gasteiger partial charge in [-0.3, -0.25) is 14.6 Å². The van der Waals surface area contributed by atoms with Gasteiger partial charge >= 0.3 is 6.18 Å². The Labute approximate surface area is 196 Å². The van der Waals surface area contributed by atoms with Crippen molar-refractivity contribution < 1.29 is 32.6 Å². The van der Waals surface area contributed by atoms with Crippen molar-refractivity contribution in [2.45, 2.75) is 12.8 Å². The van der Waals surface area contributed by atoms with E-state index in [-0.39, 0.29) is 12.3 Å². The van der Waals surface area contributed by atoms with Crippen molar-refractivity contribution >= 4 is 35.2 Å². The molecule has 3 aromatic rings. The Morgan fingerprint density at radius 3 is 2.65 bits per heavy atom. The molecular weight excluding hydrogens is 475 g/mol. The molecule has 0 aliphatic rings. The van der Waals surface area contributed by atoms with Crippen molar-refractivity contribution in [3.63, 3.8) is 0 Å². The number of alkyl halides is 3. The summed E-state index contributed by atoms with van der Waals surface area (Å²) in [4.78, 5) is 27.2. The Morgan fingerprint density at radius 1 is 1.18 bits per heavy atom. The standard InChI is InChI=1S/C23H17ClF3N3O4/c24-17-11-20(31)18(10-16(17)23(25,26)27)30-21(32)5-4-13-2-1-3-15(8-13)34-12-14-6-7-29-19(9-14)22(28)33/h1-11,31H,12H2,(H2,28,33)(H,30,32). The fourth-order valence-electron chi connectivity index (χ4n) is 2.80. The third kappa shape index (κ3) is 6.48. The number of phenols is 1. The number of primary amides is 1. The molecule has 11 heteroatoms. The number of rotatable bonds is 7. The summed E-state index contributed by atoms with van der Waals surface area (Å²) < 4.78 is 44.7. The zero-order valence-electron chi connectivity index (χ0n) is 17.3. The summed E-state index contributed by atoms with van der Waals surface area (Å²) in [6, 6.07) is 11.1. The summed E-state index contributed by atoms with van der Waals surface area (Å²) >= 11 is 5.52. The van der Waals surface area contributed by atoms with Gasteiger partial charge in [-0.1, -0.05) is 23.7 Å². The molecule has 1 aromatic heterocycles. The van der Waals surface area contributed by atoms with Gasteiger partial charge in [0.05, 0.1) is 16.3 Å². The first-order valence-electron chi connectivity index (χ1n) is 9.59. The minimum absolute atomic E-state index is 0.109. The second-order valence-electron chi connectivity index (χ2n) is 6.94. The summed E-state index contributed by atoms with van der Waals surface area (Å²) in [6.45, 7) is 0.133. The van der Waals surface area contributed by atoms with Crippen LogP contribution < -0.4 is 15.8 Å². The number of pyridine rings is 1. The van der Waals surface area contributed by atoms with Gasteiger partial charge in [-0.05, 0) is 47.5 Å². The predicted molar refractivity (Wildman–Crippen MR) is 119 cm³/mol. The number of amides is 2. The molecule has 0 unspecified atom stereocenters. The Morgan fingerprint density at radius 2 is 1.94 bits per heavy atom. The highest BCUT2D eigenvalue weighted by molar-refractivity contribution is 6.31. The van der Waals surface area contributed by atoms with E-state index in [0.29, 0.717) is 29.0 Å². The van der Waals surface area contributed by atoms with Crippen molar-refractivity contribution in [2.75, 3.05) is 5.32 Å². The monoisotopic (exact) mass is 491 g/mol. The van der Waals surface area contributed by atoms with Gasteiger partial charge in [0.1, 0.15) is 23.8 Å². The third-order valence-electron chi connectivity index (χ3n) is 4.42. The molecular formula is C23H17ClF3N3O4. The van der Waals surface area contributed by atoms with Crippen molar-refractivity contribution in [2.24, 2.45) is 5.73 Å². The minimum Gasteiger partial charge on any atom is -0.506 e. The van der Waals surface area contributed by atoms with E-state index < -0.39 is 40.0 Å². The van der Waals surface area contributed by atoms with Crippen LogP contribution in [0.4, 0.5) is 18.9 Å². The van der Waals surface area contributed by atoms with Crippen molar-refractivity contribution in [1.29, 1.82) is 0 Å². The molecule has 0 saturated heterocycles. The van der Waals surface area contributed by atoms with Gasteiger partial charge in [0, 0.05) is 18.3 Å². The maximum Gasteiger partial charge on any atom is 0.417 e. The van der Waals surface area contributed by atoms with Crippen LogP contribution in [0.15, 0.2) is 60.8 Å². The van der Waals surface area contributed by atoms with Crippen LogP contribution in [0.25, 0.3) is 6.08 Å². The molecule has 0 fully saturated rings. The lowest BCUT2D eigenvalue weighted by Gasteiger charge is -2.12. The summed E-state index contributed by atoms with van der Waals surface area (Å²) in [5.41, 5.74) is 4.93. The highest BCUT2D eigenvalue weighted by atomic mass is 35.5. The van der Waals surface area contributed by atoms with E-state index in [1.165, 1.54) is 18.3 Å². The summed E-state index contributed by atoms with van der Waals surface area (Å²) in [6.07, 6.45) is -0.815. The number of carbonyl (C=O) groups is 2. The third-order valence-corrected chi connectivity index (χ3v) is 4.73. The highest BCUT2D eigenvalue weighted by Crippen LogP contribution is 2.39. The van der Waals surface area contributed by atoms with E-state index in [2.05, 4.69) is 10.3 Å². The first-order chi connectivity index (χ1) is 16.0. The molecule has 0 saturated carbocycles. The number of hydrogen-bond acceptors (Lipinski definition) is 5. The number of aromatic hydroxyl groups is 1. The number of hydrogen-bond donors (Lipinski definition) is 3. The maximum atomic E-state index is 13.0. The second kappa shape index (κ2) is 10.3. The summed E-state index contributed by atoms with van der Waals surface area (Å²) in [5.74, 6) is -1.57. The fraction of sp³-hybridized carbons (Fsp3) is 0.0870.